The van der Waals surface area contributed by atoms with Gasteiger partial charge in [-0.1, -0.05) is 19.1 Å². The summed E-state index contributed by atoms with van der Waals surface area (Å²) in [7, 11) is 0. The van der Waals surface area contributed by atoms with Crippen LogP contribution in [0.2, 0.25) is 0 Å². The second kappa shape index (κ2) is 5.55. The first-order chi connectivity index (χ1) is 9.74. The number of aryl methyl sites for hydroxylation is 1. The molecule has 0 atom stereocenters. The highest BCUT2D eigenvalue weighted by Crippen LogP contribution is 2.36. The number of halogens is 4. The van der Waals surface area contributed by atoms with Gasteiger partial charge in [0.1, 0.15) is 16.3 Å². The van der Waals surface area contributed by atoms with Gasteiger partial charge in [-0.2, -0.15) is 13.2 Å². The topological polar surface area (TPSA) is 28.7 Å². The minimum atomic E-state index is -4.67. The van der Waals surface area contributed by atoms with E-state index in [1.807, 2.05) is 6.92 Å². The number of rotatable bonds is 2. The zero-order chi connectivity index (χ0) is 15.8. The van der Waals surface area contributed by atoms with Crippen molar-refractivity contribution in [2.75, 3.05) is 0 Å². The van der Waals surface area contributed by atoms with Gasteiger partial charge in [-0.15, -0.1) is 0 Å². The van der Waals surface area contributed by atoms with Gasteiger partial charge in [0.15, 0.2) is 0 Å². The van der Waals surface area contributed by atoms with Crippen LogP contribution in [0.4, 0.5) is 17.6 Å². The standard InChI is InChI=1S/C14H12F4N2S/c1-3-9-7(2)19-12(20-13(9)21)10-5-4-8(15)6-11(10)14(16,17)18/h4-6H,3H2,1-2H3,(H,19,20,21). The van der Waals surface area contributed by atoms with Gasteiger partial charge in [0.25, 0.3) is 0 Å². The smallest absolute Gasteiger partial charge is 0.343 e. The summed E-state index contributed by atoms with van der Waals surface area (Å²) in [5.74, 6) is -0.964. The normalized spacial score (nSPS) is 11.7. The Morgan fingerprint density at radius 3 is 2.48 bits per heavy atom. The summed E-state index contributed by atoms with van der Waals surface area (Å²) in [6, 6.07) is 2.47. The molecule has 0 amide bonds. The molecule has 21 heavy (non-hydrogen) atoms. The van der Waals surface area contributed by atoms with E-state index >= 15 is 0 Å². The Hall–Kier alpha value is -1.76. The molecule has 0 spiro atoms. The molecule has 0 aliphatic carbocycles. The molecular weight excluding hydrogens is 304 g/mol. The van der Waals surface area contributed by atoms with E-state index in [2.05, 4.69) is 9.97 Å². The van der Waals surface area contributed by atoms with Gasteiger partial charge in [0.05, 0.1) is 5.56 Å². The highest BCUT2D eigenvalue weighted by molar-refractivity contribution is 7.71. The van der Waals surface area contributed by atoms with Crippen molar-refractivity contribution in [2.24, 2.45) is 0 Å². The van der Waals surface area contributed by atoms with E-state index in [4.69, 9.17) is 12.2 Å². The third kappa shape index (κ3) is 3.12. The number of H-pyrrole nitrogens is 1. The molecule has 112 valence electrons. The van der Waals surface area contributed by atoms with Crippen LogP contribution >= 0.6 is 12.2 Å². The van der Waals surface area contributed by atoms with Crippen molar-refractivity contribution in [3.63, 3.8) is 0 Å². The average molecular weight is 316 g/mol. The highest BCUT2D eigenvalue weighted by atomic mass is 32.1. The SMILES string of the molecule is CCc1c(C)[nH]c(-c2ccc(F)cc2C(F)(F)F)nc1=S. The van der Waals surface area contributed by atoms with Crippen molar-refractivity contribution in [1.29, 1.82) is 0 Å². The molecule has 0 fully saturated rings. The maximum Gasteiger partial charge on any atom is 0.417 e. The number of aromatic nitrogens is 2. The third-order valence-corrected chi connectivity index (χ3v) is 3.46. The Kier molecular flexibility index (Phi) is 4.13. The largest absolute Gasteiger partial charge is 0.417 e. The molecule has 0 bridgehead atoms. The van der Waals surface area contributed by atoms with Crippen molar-refractivity contribution >= 4 is 12.2 Å². The van der Waals surface area contributed by atoms with E-state index < -0.39 is 17.6 Å². The lowest BCUT2D eigenvalue weighted by molar-refractivity contribution is -0.137. The molecule has 2 nitrogen and oxygen atoms in total. The molecule has 0 radical (unpaired) electrons. The minimum absolute atomic E-state index is 0.0120. The van der Waals surface area contributed by atoms with Crippen LogP contribution in [-0.2, 0) is 12.6 Å². The third-order valence-electron chi connectivity index (χ3n) is 3.13. The van der Waals surface area contributed by atoms with Gasteiger partial charge < -0.3 is 4.98 Å². The summed E-state index contributed by atoms with van der Waals surface area (Å²) in [5.41, 5.74) is 0.138. The van der Waals surface area contributed by atoms with Gasteiger partial charge in [-0.25, -0.2) is 9.37 Å². The molecule has 0 saturated carbocycles. The van der Waals surface area contributed by atoms with E-state index in [9.17, 15) is 17.6 Å². The Balaban J connectivity index is 2.71. The van der Waals surface area contributed by atoms with E-state index in [-0.39, 0.29) is 16.0 Å². The summed E-state index contributed by atoms with van der Waals surface area (Å²) < 4.78 is 52.4. The highest BCUT2D eigenvalue weighted by Gasteiger charge is 2.34. The molecule has 2 rings (SSSR count). The second-order valence-electron chi connectivity index (χ2n) is 4.54. The van der Waals surface area contributed by atoms with Gasteiger partial charge in [-0.05, 0) is 31.5 Å². The number of alkyl halides is 3. The number of nitrogens with one attached hydrogen (secondary N) is 1. The van der Waals surface area contributed by atoms with Gasteiger partial charge in [0, 0.05) is 16.8 Å². The zero-order valence-electron chi connectivity index (χ0n) is 11.3. The van der Waals surface area contributed by atoms with Crippen LogP contribution in [0.3, 0.4) is 0 Å². The summed E-state index contributed by atoms with van der Waals surface area (Å²) in [6.45, 7) is 3.60. The lowest BCUT2D eigenvalue weighted by Gasteiger charge is -2.14. The van der Waals surface area contributed by atoms with Crippen LogP contribution in [0.15, 0.2) is 18.2 Å². The van der Waals surface area contributed by atoms with Crippen LogP contribution in [0.5, 0.6) is 0 Å². The molecule has 1 heterocycles. The summed E-state index contributed by atoms with van der Waals surface area (Å²) >= 11 is 5.10. The van der Waals surface area contributed by atoms with Crippen LogP contribution in [0, 0.1) is 17.4 Å². The van der Waals surface area contributed by atoms with Crippen molar-refractivity contribution < 1.29 is 17.6 Å². The molecule has 1 N–H and O–H groups in total. The number of benzene rings is 1. The van der Waals surface area contributed by atoms with Crippen LogP contribution in [-0.4, -0.2) is 9.97 Å². The molecule has 0 unspecified atom stereocenters. The fraction of sp³-hybridized carbons (Fsp3) is 0.286. The molecule has 1 aromatic carbocycles. The second-order valence-corrected chi connectivity index (χ2v) is 4.92. The van der Waals surface area contributed by atoms with Crippen molar-refractivity contribution in [3.8, 4) is 11.4 Å². The zero-order valence-corrected chi connectivity index (χ0v) is 12.1. The molecule has 1 aromatic heterocycles. The van der Waals surface area contributed by atoms with Gasteiger partial charge >= 0.3 is 6.18 Å². The first-order valence-corrected chi connectivity index (χ1v) is 6.61. The molecule has 0 saturated heterocycles. The van der Waals surface area contributed by atoms with Crippen LogP contribution in [0.1, 0.15) is 23.7 Å². The Morgan fingerprint density at radius 1 is 1.29 bits per heavy atom. The summed E-state index contributed by atoms with van der Waals surface area (Å²) in [6.07, 6.45) is -4.05. The van der Waals surface area contributed by atoms with Crippen LogP contribution < -0.4 is 0 Å². The first kappa shape index (κ1) is 15.6. The van der Waals surface area contributed by atoms with Crippen molar-refractivity contribution in [1.82, 2.24) is 9.97 Å². The average Bonchev–Trinajstić information content (AvgIpc) is 2.37. The fourth-order valence-corrected chi connectivity index (χ4v) is 2.50. The summed E-state index contributed by atoms with van der Waals surface area (Å²) in [4.78, 5) is 6.83. The van der Waals surface area contributed by atoms with E-state index in [1.54, 1.807) is 6.92 Å². The Labute approximate surface area is 123 Å². The van der Waals surface area contributed by atoms with E-state index in [0.717, 1.165) is 17.7 Å². The Bertz CT molecular complexity index is 735. The molecule has 2 aromatic rings. The molecule has 0 aliphatic rings. The monoisotopic (exact) mass is 316 g/mol. The Morgan fingerprint density at radius 2 is 1.95 bits per heavy atom. The quantitative estimate of drug-likeness (QED) is 0.635. The maximum atomic E-state index is 13.1. The van der Waals surface area contributed by atoms with E-state index in [1.165, 1.54) is 0 Å². The lowest BCUT2D eigenvalue weighted by atomic mass is 10.1. The van der Waals surface area contributed by atoms with Gasteiger partial charge in [-0.3, -0.25) is 0 Å². The minimum Gasteiger partial charge on any atom is -0.343 e. The molecule has 0 aliphatic heterocycles. The molecular formula is C14H12F4N2S. The number of nitrogens with zero attached hydrogens (tertiary/aromatic N) is 1. The fourth-order valence-electron chi connectivity index (χ4n) is 2.11. The lowest BCUT2D eigenvalue weighted by Crippen LogP contribution is -2.09. The van der Waals surface area contributed by atoms with Gasteiger partial charge in [0.2, 0.25) is 0 Å². The van der Waals surface area contributed by atoms with Crippen molar-refractivity contribution in [2.45, 2.75) is 26.4 Å². The maximum absolute atomic E-state index is 13.1. The predicted octanol–water partition coefficient (Wildman–Crippen LogP) is 4.83. The molecule has 7 heteroatoms. The first-order valence-electron chi connectivity index (χ1n) is 6.21. The number of hydrogen-bond acceptors (Lipinski definition) is 2. The van der Waals surface area contributed by atoms with Crippen LogP contribution in [0.25, 0.3) is 11.4 Å². The van der Waals surface area contributed by atoms with E-state index in [0.29, 0.717) is 18.2 Å². The number of aromatic amines is 1. The predicted molar refractivity (Wildman–Crippen MR) is 73.9 cm³/mol. The van der Waals surface area contributed by atoms with Crippen molar-refractivity contribution in [3.05, 3.63) is 45.5 Å². The summed E-state index contributed by atoms with van der Waals surface area (Å²) in [5, 5.41) is 0. The number of hydrogen-bond donors (Lipinski definition) is 1.